The number of nitrogens with zero attached hydrogens (tertiary/aromatic N) is 1. The molecule has 0 spiro atoms. The van der Waals surface area contributed by atoms with Gasteiger partial charge in [-0.25, -0.2) is 0 Å². The Hall–Kier alpha value is -2.17. The molecule has 0 aliphatic rings. The lowest BCUT2D eigenvalue weighted by Gasteiger charge is -2.11. The Balaban J connectivity index is 1.94. The lowest BCUT2D eigenvalue weighted by Crippen LogP contribution is -2.19. The zero-order chi connectivity index (χ0) is 17.8. The van der Waals surface area contributed by atoms with Gasteiger partial charge in [0.2, 0.25) is 0 Å². The van der Waals surface area contributed by atoms with Gasteiger partial charge >= 0.3 is 0 Å². The van der Waals surface area contributed by atoms with Crippen molar-refractivity contribution in [3.05, 3.63) is 58.8 Å². The number of likely N-dealkylation sites (N-methyl/N-ethyl adjacent to an activating group) is 1. The minimum Gasteiger partial charge on any atom is -0.497 e. The molecule has 0 fully saturated rings. The highest BCUT2D eigenvalue weighted by Crippen LogP contribution is 2.36. The quantitative estimate of drug-likeness (QED) is 0.616. The van der Waals surface area contributed by atoms with Crippen molar-refractivity contribution >= 4 is 22.6 Å². The fraction of sp³-hybridized carbons (Fsp3) is 0.300. The van der Waals surface area contributed by atoms with E-state index in [4.69, 9.17) is 25.5 Å². The molecule has 3 rings (SSSR count). The second-order valence-corrected chi connectivity index (χ2v) is 6.61. The maximum atomic E-state index is 6.08. The summed E-state index contributed by atoms with van der Waals surface area (Å²) in [7, 11) is 5.69. The number of halogens is 1. The number of ether oxygens (including phenoxy) is 2. The van der Waals surface area contributed by atoms with E-state index in [0.29, 0.717) is 13.0 Å². The summed E-state index contributed by atoms with van der Waals surface area (Å²) in [6.07, 6.45) is 0.644. The van der Waals surface area contributed by atoms with Crippen LogP contribution in [0, 0.1) is 0 Å². The standard InChI is InChI=1S/C20H22ClNO3/c1-22(2)10-11-24-20-17-9-8-16(23-3)13-18(17)25-19(20)12-14-4-6-15(21)7-5-14/h4-9,13H,10-12H2,1-3H3. The van der Waals surface area contributed by atoms with Crippen LogP contribution in [0.2, 0.25) is 5.02 Å². The highest BCUT2D eigenvalue weighted by molar-refractivity contribution is 6.30. The Bertz CT molecular complexity index is 840. The van der Waals surface area contributed by atoms with Crippen LogP contribution in [0.15, 0.2) is 46.9 Å². The first-order valence-corrected chi connectivity index (χ1v) is 8.56. The van der Waals surface area contributed by atoms with Crippen molar-refractivity contribution in [3.8, 4) is 11.5 Å². The summed E-state index contributed by atoms with van der Waals surface area (Å²) in [6.45, 7) is 1.44. The maximum Gasteiger partial charge on any atom is 0.168 e. The van der Waals surface area contributed by atoms with Crippen molar-refractivity contribution in [2.75, 3.05) is 34.4 Å². The van der Waals surface area contributed by atoms with Gasteiger partial charge in [0.1, 0.15) is 17.9 Å². The average molecular weight is 360 g/mol. The number of fused-ring (bicyclic) bond motifs is 1. The summed E-state index contributed by atoms with van der Waals surface area (Å²) in [5.74, 6) is 2.37. The van der Waals surface area contributed by atoms with Crippen molar-refractivity contribution in [2.24, 2.45) is 0 Å². The topological polar surface area (TPSA) is 34.8 Å². The molecule has 0 saturated carbocycles. The Labute approximate surface area is 152 Å². The van der Waals surface area contributed by atoms with Gasteiger partial charge in [0.25, 0.3) is 0 Å². The molecule has 0 N–H and O–H groups in total. The molecule has 0 atom stereocenters. The molecule has 4 nitrogen and oxygen atoms in total. The maximum absolute atomic E-state index is 6.08. The molecule has 1 aromatic heterocycles. The Morgan fingerprint density at radius 1 is 1.08 bits per heavy atom. The molecule has 0 radical (unpaired) electrons. The van der Waals surface area contributed by atoms with E-state index in [9.17, 15) is 0 Å². The zero-order valence-electron chi connectivity index (χ0n) is 14.7. The number of hydrogen-bond donors (Lipinski definition) is 0. The van der Waals surface area contributed by atoms with Gasteiger partial charge in [-0.1, -0.05) is 23.7 Å². The second-order valence-electron chi connectivity index (χ2n) is 6.17. The molecular weight excluding hydrogens is 338 g/mol. The second kappa shape index (κ2) is 7.81. The first kappa shape index (κ1) is 17.6. The predicted molar refractivity (Wildman–Crippen MR) is 101 cm³/mol. The Morgan fingerprint density at radius 2 is 1.84 bits per heavy atom. The van der Waals surface area contributed by atoms with Crippen LogP contribution in [-0.2, 0) is 6.42 Å². The van der Waals surface area contributed by atoms with Crippen molar-refractivity contribution in [3.63, 3.8) is 0 Å². The lowest BCUT2D eigenvalue weighted by atomic mass is 10.1. The third-order valence-electron chi connectivity index (χ3n) is 3.98. The summed E-state index contributed by atoms with van der Waals surface area (Å²) >= 11 is 5.98. The van der Waals surface area contributed by atoms with Crippen LogP contribution in [0.4, 0.5) is 0 Å². The lowest BCUT2D eigenvalue weighted by molar-refractivity contribution is 0.258. The fourth-order valence-corrected chi connectivity index (χ4v) is 2.75. The van der Waals surface area contributed by atoms with E-state index in [0.717, 1.165) is 45.4 Å². The van der Waals surface area contributed by atoms with Crippen LogP contribution >= 0.6 is 11.6 Å². The van der Waals surface area contributed by atoms with E-state index in [1.807, 2.05) is 56.6 Å². The summed E-state index contributed by atoms with van der Waals surface area (Å²) < 4.78 is 17.4. The van der Waals surface area contributed by atoms with Gasteiger partial charge in [-0.2, -0.15) is 0 Å². The smallest absolute Gasteiger partial charge is 0.168 e. The molecule has 0 saturated heterocycles. The minimum absolute atomic E-state index is 0.598. The fourth-order valence-electron chi connectivity index (χ4n) is 2.62. The molecule has 2 aromatic carbocycles. The summed E-state index contributed by atoms with van der Waals surface area (Å²) in [4.78, 5) is 2.09. The number of methoxy groups -OCH3 is 1. The van der Waals surface area contributed by atoms with Gasteiger partial charge in [-0.05, 0) is 43.9 Å². The molecule has 0 unspecified atom stereocenters. The minimum atomic E-state index is 0.598. The molecule has 5 heteroatoms. The number of rotatable bonds is 7. The SMILES string of the molecule is COc1ccc2c(OCCN(C)C)c(Cc3ccc(Cl)cc3)oc2c1. The molecule has 25 heavy (non-hydrogen) atoms. The van der Waals surface area contributed by atoms with Gasteiger partial charge in [0, 0.05) is 24.1 Å². The Kier molecular flexibility index (Phi) is 5.51. The van der Waals surface area contributed by atoms with E-state index >= 15 is 0 Å². The molecule has 0 amide bonds. The van der Waals surface area contributed by atoms with Crippen molar-refractivity contribution in [1.29, 1.82) is 0 Å². The Morgan fingerprint density at radius 3 is 2.52 bits per heavy atom. The van der Waals surface area contributed by atoms with Gasteiger partial charge in [-0.15, -0.1) is 0 Å². The largest absolute Gasteiger partial charge is 0.497 e. The van der Waals surface area contributed by atoms with Gasteiger partial charge in [0.05, 0.1) is 12.5 Å². The monoisotopic (exact) mass is 359 g/mol. The zero-order valence-corrected chi connectivity index (χ0v) is 15.5. The van der Waals surface area contributed by atoms with Crippen molar-refractivity contribution in [2.45, 2.75) is 6.42 Å². The van der Waals surface area contributed by atoms with Crippen LogP contribution < -0.4 is 9.47 Å². The molecule has 0 aliphatic heterocycles. The molecule has 132 valence electrons. The summed E-state index contributed by atoms with van der Waals surface area (Å²) in [6, 6.07) is 13.6. The normalized spacial score (nSPS) is 11.2. The van der Waals surface area contributed by atoms with E-state index in [-0.39, 0.29) is 0 Å². The van der Waals surface area contributed by atoms with Crippen LogP contribution in [0.3, 0.4) is 0 Å². The molecule has 0 aliphatic carbocycles. The van der Waals surface area contributed by atoms with E-state index in [1.54, 1.807) is 7.11 Å². The predicted octanol–water partition coefficient (Wildman–Crippen LogP) is 4.63. The van der Waals surface area contributed by atoms with Crippen LogP contribution in [0.25, 0.3) is 11.0 Å². The molecule has 1 heterocycles. The van der Waals surface area contributed by atoms with Crippen molar-refractivity contribution < 1.29 is 13.9 Å². The van der Waals surface area contributed by atoms with Crippen LogP contribution in [0.1, 0.15) is 11.3 Å². The highest BCUT2D eigenvalue weighted by atomic mass is 35.5. The average Bonchev–Trinajstić information content (AvgIpc) is 2.93. The molecule has 3 aromatic rings. The number of hydrogen-bond acceptors (Lipinski definition) is 4. The van der Waals surface area contributed by atoms with Gasteiger partial charge < -0.3 is 18.8 Å². The van der Waals surface area contributed by atoms with Gasteiger partial charge in [-0.3, -0.25) is 0 Å². The van der Waals surface area contributed by atoms with Crippen molar-refractivity contribution in [1.82, 2.24) is 4.90 Å². The number of benzene rings is 2. The van der Waals surface area contributed by atoms with E-state index in [2.05, 4.69) is 4.90 Å². The third kappa shape index (κ3) is 4.27. The number of furan rings is 1. The van der Waals surface area contributed by atoms with E-state index in [1.165, 1.54) is 0 Å². The summed E-state index contributed by atoms with van der Waals surface area (Å²) in [5, 5.41) is 1.68. The van der Waals surface area contributed by atoms with E-state index < -0.39 is 0 Å². The first-order valence-electron chi connectivity index (χ1n) is 8.18. The molecule has 0 bridgehead atoms. The third-order valence-corrected chi connectivity index (χ3v) is 4.23. The highest BCUT2D eigenvalue weighted by Gasteiger charge is 2.17. The molecular formula is C20H22ClNO3. The van der Waals surface area contributed by atoms with Gasteiger partial charge in [0.15, 0.2) is 11.5 Å². The van der Waals surface area contributed by atoms with Crippen LogP contribution in [0.5, 0.6) is 11.5 Å². The summed E-state index contributed by atoms with van der Waals surface area (Å²) in [5.41, 5.74) is 1.89. The first-order chi connectivity index (χ1) is 12.1. The van der Waals surface area contributed by atoms with Crippen LogP contribution in [-0.4, -0.2) is 39.3 Å².